The molecule has 23 heavy (non-hydrogen) atoms. The fraction of sp³-hybridized carbons (Fsp3) is 0.214. The Morgan fingerprint density at radius 1 is 1.26 bits per heavy atom. The second-order valence-corrected chi connectivity index (χ2v) is 5.60. The van der Waals surface area contributed by atoms with Gasteiger partial charge in [0.05, 0.1) is 12.1 Å². The first-order chi connectivity index (χ1) is 10.9. The summed E-state index contributed by atoms with van der Waals surface area (Å²) >= 11 is 1.16. The number of fused-ring (bicyclic) bond motifs is 2. The van der Waals surface area contributed by atoms with Crippen molar-refractivity contribution in [3.8, 4) is 11.4 Å². The summed E-state index contributed by atoms with van der Waals surface area (Å²) in [5.74, 6) is 1.44. The van der Waals surface area contributed by atoms with E-state index in [1.807, 2.05) is 6.08 Å². The number of anilines is 1. The molecule has 1 aromatic carbocycles. The molecular formula is C14H14F3N5S. The Morgan fingerprint density at radius 2 is 1.96 bits per heavy atom. The van der Waals surface area contributed by atoms with E-state index >= 15 is 0 Å². The molecule has 0 spiro atoms. The zero-order valence-corrected chi connectivity index (χ0v) is 12.7. The van der Waals surface area contributed by atoms with E-state index < -0.39 is 11.7 Å². The van der Waals surface area contributed by atoms with Crippen LogP contribution in [0.1, 0.15) is 11.3 Å². The third-order valence-corrected chi connectivity index (χ3v) is 4.00. The fourth-order valence-electron chi connectivity index (χ4n) is 2.41. The zero-order valence-electron chi connectivity index (χ0n) is 11.9. The Morgan fingerprint density at radius 3 is 2.57 bits per heavy atom. The van der Waals surface area contributed by atoms with Gasteiger partial charge in [-0.1, -0.05) is 30.2 Å². The number of imidazole rings is 1. The topological polar surface area (TPSA) is 81.9 Å². The number of rotatable bonds is 3. The van der Waals surface area contributed by atoms with Gasteiger partial charge in [-0.2, -0.15) is 13.2 Å². The van der Waals surface area contributed by atoms with Gasteiger partial charge in [-0.25, -0.2) is 9.66 Å². The normalized spacial score (nSPS) is 14.2. The van der Waals surface area contributed by atoms with Crippen LogP contribution in [0.5, 0.6) is 0 Å². The van der Waals surface area contributed by atoms with Crippen LogP contribution in [0, 0.1) is 0 Å². The van der Waals surface area contributed by atoms with Crippen molar-refractivity contribution in [3.05, 3.63) is 41.6 Å². The standard InChI is InChI=1S/C14H14F3N5S/c15-14(16,17)10-3-1-8(2-4-10)13-21-11-9(7-23-19)5-6-20-22(13)12(11)18/h1-5,20H,6-7,18-19H2. The third-order valence-electron chi connectivity index (χ3n) is 3.52. The van der Waals surface area contributed by atoms with Crippen molar-refractivity contribution in [2.24, 2.45) is 5.14 Å². The lowest BCUT2D eigenvalue weighted by molar-refractivity contribution is -0.137. The number of nitrogens with two attached hydrogens (primary N) is 2. The van der Waals surface area contributed by atoms with Crippen LogP contribution < -0.4 is 16.3 Å². The quantitative estimate of drug-likeness (QED) is 0.748. The highest BCUT2D eigenvalue weighted by molar-refractivity contribution is 7.97. The number of halogens is 3. The number of nitrogens with zero attached hydrogens (tertiary/aromatic N) is 2. The maximum atomic E-state index is 12.7. The molecule has 3 rings (SSSR count). The smallest absolute Gasteiger partial charge is 0.382 e. The van der Waals surface area contributed by atoms with Crippen molar-refractivity contribution in [1.82, 2.24) is 9.66 Å². The van der Waals surface area contributed by atoms with Gasteiger partial charge in [0.2, 0.25) is 0 Å². The SMILES string of the molecule is NSCC1=CCNn2c(-c3ccc(C(F)(F)F)cc3)nc1c2N. The summed E-state index contributed by atoms with van der Waals surface area (Å²) in [7, 11) is 0. The minimum Gasteiger partial charge on any atom is -0.382 e. The predicted molar refractivity (Wildman–Crippen MR) is 85.9 cm³/mol. The average Bonchev–Trinajstić information content (AvgIpc) is 2.73. The molecule has 0 atom stereocenters. The summed E-state index contributed by atoms with van der Waals surface area (Å²) in [4.78, 5) is 4.47. The van der Waals surface area contributed by atoms with Crippen LogP contribution in [-0.2, 0) is 6.18 Å². The maximum absolute atomic E-state index is 12.7. The Labute approximate surface area is 134 Å². The summed E-state index contributed by atoms with van der Waals surface area (Å²) in [5.41, 5.74) is 10.5. The number of aromatic nitrogens is 2. The predicted octanol–water partition coefficient (Wildman–Crippen LogP) is 2.70. The molecule has 9 heteroatoms. The monoisotopic (exact) mass is 341 g/mol. The molecule has 0 saturated heterocycles. The van der Waals surface area contributed by atoms with E-state index in [0.29, 0.717) is 35.2 Å². The van der Waals surface area contributed by atoms with Gasteiger partial charge in [0, 0.05) is 11.3 Å². The van der Waals surface area contributed by atoms with Gasteiger partial charge < -0.3 is 11.2 Å². The Hall–Kier alpha value is -2.13. The molecule has 5 N–H and O–H groups in total. The van der Waals surface area contributed by atoms with E-state index in [2.05, 4.69) is 10.4 Å². The highest BCUT2D eigenvalue weighted by atomic mass is 32.2. The van der Waals surface area contributed by atoms with Gasteiger partial charge >= 0.3 is 6.18 Å². The Kier molecular flexibility index (Phi) is 3.99. The van der Waals surface area contributed by atoms with Gasteiger partial charge in [-0.15, -0.1) is 0 Å². The van der Waals surface area contributed by atoms with Crippen LogP contribution >= 0.6 is 11.9 Å². The molecule has 1 aliphatic rings. The number of benzene rings is 1. The van der Waals surface area contributed by atoms with Crippen molar-refractivity contribution < 1.29 is 13.2 Å². The van der Waals surface area contributed by atoms with Gasteiger partial charge in [0.1, 0.15) is 5.69 Å². The van der Waals surface area contributed by atoms with E-state index in [-0.39, 0.29) is 0 Å². The second-order valence-electron chi connectivity index (χ2n) is 4.98. The number of hydrogen-bond donors (Lipinski definition) is 3. The maximum Gasteiger partial charge on any atom is 0.416 e. The second kappa shape index (κ2) is 5.82. The molecule has 2 heterocycles. The van der Waals surface area contributed by atoms with Gasteiger partial charge in [-0.05, 0) is 17.7 Å². The molecule has 5 nitrogen and oxygen atoms in total. The van der Waals surface area contributed by atoms with Crippen LogP contribution in [0.2, 0.25) is 0 Å². The molecule has 0 amide bonds. The van der Waals surface area contributed by atoms with Crippen molar-refractivity contribution in [2.45, 2.75) is 6.18 Å². The summed E-state index contributed by atoms with van der Waals surface area (Å²) in [6.45, 7) is 0.528. The average molecular weight is 341 g/mol. The van der Waals surface area contributed by atoms with Crippen LogP contribution in [-0.4, -0.2) is 22.0 Å². The van der Waals surface area contributed by atoms with Crippen LogP contribution in [0.15, 0.2) is 30.3 Å². The molecule has 2 bridgehead atoms. The molecular weight excluding hydrogens is 327 g/mol. The van der Waals surface area contributed by atoms with Crippen LogP contribution in [0.4, 0.5) is 19.0 Å². The Bertz CT molecular complexity index is 749. The largest absolute Gasteiger partial charge is 0.416 e. The van der Waals surface area contributed by atoms with E-state index in [4.69, 9.17) is 10.9 Å². The molecule has 0 unspecified atom stereocenters. The minimum absolute atomic E-state index is 0.415. The van der Waals surface area contributed by atoms with Gasteiger partial charge in [0.25, 0.3) is 0 Å². The van der Waals surface area contributed by atoms with E-state index in [1.165, 1.54) is 12.1 Å². The van der Waals surface area contributed by atoms with Crippen molar-refractivity contribution >= 4 is 23.3 Å². The lowest BCUT2D eigenvalue weighted by Crippen LogP contribution is -2.17. The third kappa shape index (κ3) is 2.89. The molecule has 0 fully saturated rings. The first kappa shape index (κ1) is 15.8. The summed E-state index contributed by atoms with van der Waals surface area (Å²) in [6, 6.07) is 4.83. The summed E-state index contributed by atoms with van der Waals surface area (Å²) in [5, 5.41) is 5.51. The zero-order chi connectivity index (χ0) is 16.6. The molecule has 0 saturated carbocycles. The molecule has 0 radical (unpaired) electrons. The fourth-order valence-corrected chi connectivity index (χ4v) is 2.84. The first-order valence-electron chi connectivity index (χ1n) is 6.72. The molecule has 0 aliphatic carbocycles. The highest BCUT2D eigenvalue weighted by Gasteiger charge is 2.30. The van der Waals surface area contributed by atoms with E-state index in [0.717, 1.165) is 29.7 Å². The summed E-state index contributed by atoms with van der Waals surface area (Å²) in [6.07, 6.45) is -2.43. The highest BCUT2D eigenvalue weighted by Crippen LogP contribution is 2.33. The number of nitrogens with one attached hydrogen (secondary N) is 1. The lowest BCUT2D eigenvalue weighted by atomic mass is 10.1. The molecule has 2 aromatic rings. The molecule has 1 aliphatic heterocycles. The number of hydrogen-bond acceptors (Lipinski definition) is 5. The van der Waals surface area contributed by atoms with Crippen molar-refractivity contribution in [1.29, 1.82) is 0 Å². The van der Waals surface area contributed by atoms with E-state index in [9.17, 15) is 13.2 Å². The van der Waals surface area contributed by atoms with E-state index in [1.54, 1.807) is 4.68 Å². The lowest BCUT2D eigenvalue weighted by Gasteiger charge is -2.11. The first-order valence-corrected chi connectivity index (χ1v) is 7.77. The minimum atomic E-state index is -4.36. The summed E-state index contributed by atoms with van der Waals surface area (Å²) < 4.78 is 39.6. The molecule has 122 valence electrons. The van der Waals surface area contributed by atoms with Crippen molar-refractivity contribution in [2.75, 3.05) is 23.5 Å². The van der Waals surface area contributed by atoms with Crippen LogP contribution in [0.3, 0.4) is 0 Å². The number of nitrogen functional groups attached to an aromatic ring is 1. The van der Waals surface area contributed by atoms with Gasteiger partial charge in [-0.3, -0.25) is 5.14 Å². The number of alkyl halides is 3. The Balaban J connectivity index is 2.02. The van der Waals surface area contributed by atoms with Crippen molar-refractivity contribution in [3.63, 3.8) is 0 Å². The van der Waals surface area contributed by atoms with Gasteiger partial charge in [0.15, 0.2) is 11.6 Å². The molecule has 1 aromatic heterocycles. The van der Waals surface area contributed by atoms with Crippen LogP contribution in [0.25, 0.3) is 17.0 Å².